The molecule has 0 radical (unpaired) electrons. The van der Waals surface area contributed by atoms with Crippen LogP contribution in [-0.4, -0.2) is 6.40 Å². The Morgan fingerprint density at radius 3 is 2.50 bits per heavy atom. The summed E-state index contributed by atoms with van der Waals surface area (Å²) in [7, 11) is 0. The van der Waals surface area contributed by atoms with Gasteiger partial charge in [0.25, 0.3) is 0 Å². The van der Waals surface area contributed by atoms with Gasteiger partial charge in [-0.2, -0.15) is 13.2 Å². The van der Waals surface area contributed by atoms with Crippen LogP contribution in [0.25, 0.3) is 0 Å². The molecule has 0 bridgehead atoms. The summed E-state index contributed by atoms with van der Waals surface area (Å²) in [5.41, 5.74) is 7.15. The Morgan fingerprint density at radius 1 is 1.33 bits per heavy atom. The summed E-state index contributed by atoms with van der Waals surface area (Å²) < 4.78 is 37.7. The van der Waals surface area contributed by atoms with Crippen LogP contribution in [-0.2, 0) is 16.8 Å². The van der Waals surface area contributed by atoms with Gasteiger partial charge in [0.05, 0.1) is 5.56 Å². The van der Waals surface area contributed by atoms with Gasteiger partial charge in [0.2, 0.25) is 5.79 Å². The summed E-state index contributed by atoms with van der Waals surface area (Å²) >= 11 is 5.62. The van der Waals surface area contributed by atoms with E-state index < -0.39 is 17.5 Å². The topological polar surface area (TPSA) is 94.6 Å². The standard InChI is InChI=1S/C9H7ClF3N3O.H3N/c10-7-2-5(8(11,12)13)1-6(3-7)9(14)15-4-17-16-9;/h1-4,16H,14H2;1H3. The second-order valence-electron chi connectivity index (χ2n) is 3.45. The van der Waals surface area contributed by atoms with Gasteiger partial charge in [-0.25, -0.2) is 4.99 Å². The number of aliphatic imine (C=N–C) groups is 1. The van der Waals surface area contributed by atoms with Gasteiger partial charge < -0.3 is 11.0 Å². The van der Waals surface area contributed by atoms with Crippen LogP contribution in [0.15, 0.2) is 23.2 Å². The fourth-order valence-electron chi connectivity index (χ4n) is 1.36. The van der Waals surface area contributed by atoms with Crippen LogP contribution in [0.3, 0.4) is 0 Å². The van der Waals surface area contributed by atoms with Gasteiger partial charge in [-0.1, -0.05) is 11.6 Å². The normalized spacial score (nSPS) is 22.5. The van der Waals surface area contributed by atoms with E-state index in [1.165, 1.54) is 6.07 Å². The molecule has 6 N–H and O–H groups in total. The number of alkyl halides is 3. The van der Waals surface area contributed by atoms with E-state index in [4.69, 9.17) is 17.3 Å². The van der Waals surface area contributed by atoms with Crippen LogP contribution in [0, 0.1) is 0 Å². The van der Waals surface area contributed by atoms with E-state index in [1.54, 1.807) is 0 Å². The van der Waals surface area contributed by atoms with Crippen molar-refractivity contribution in [3.8, 4) is 0 Å². The van der Waals surface area contributed by atoms with E-state index in [2.05, 4.69) is 15.3 Å². The molecule has 1 aliphatic heterocycles. The Labute approximate surface area is 105 Å². The molecule has 0 aliphatic carbocycles. The Kier molecular flexibility index (Phi) is 3.86. The Balaban J connectivity index is 0.00000162. The zero-order valence-electron chi connectivity index (χ0n) is 8.96. The molecular formula is C9H10ClF3N4O. The van der Waals surface area contributed by atoms with Gasteiger partial charge in [-0.15, -0.1) is 5.48 Å². The Hall–Kier alpha value is -1.35. The highest BCUT2D eigenvalue weighted by Gasteiger charge is 2.36. The van der Waals surface area contributed by atoms with E-state index in [9.17, 15) is 13.2 Å². The summed E-state index contributed by atoms with van der Waals surface area (Å²) in [5.74, 6) is -1.55. The number of nitrogens with one attached hydrogen (secondary N) is 1. The van der Waals surface area contributed by atoms with Crippen LogP contribution in [0.1, 0.15) is 11.1 Å². The minimum Gasteiger partial charge on any atom is -0.393 e. The van der Waals surface area contributed by atoms with Crippen molar-refractivity contribution in [2.24, 2.45) is 10.7 Å². The van der Waals surface area contributed by atoms with E-state index >= 15 is 0 Å². The predicted molar refractivity (Wildman–Crippen MR) is 60.1 cm³/mol. The second-order valence-corrected chi connectivity index (χ2v) is 3.88. The minimum absolute atomic E-state index is 0. The molecule has 1 aromatic rings. The Bertz CT molecular complexity index is 479. The zero-order chi connectivity index (χ0) is 12.7. The predicted octanol–water partition coefficient (Wildman–Crippen LogP) is 2.15. The lowest BCUT2D eigenvalue weighted by atomic mass is 10.1. The SMILES string of the molecule is N.NC1(c2cc(Cl)cc(C(F)(F)F)c2)N=CON1. The van der Waals surface area contributed by atoms with Crippen molar-refractivity contribution in [2.75, 3.05) is 0 Å². The number of hydrogen-bond acceptors (Lipinski definition) is 5. The second kappa shape index (κ2) is 4.73. The average molecular weight is 283 g/mol. The van der Waals surface area contributed by atoms with Crippen LogP contribution in [0.5, 0.6) is 0 Å². The average Bonchev–Trinajstić information content (AvgIpc) is 2.64. The first kappa shape index (κ1) is 14.7. The van der Waals surface area contributed by atoms with Gasteiger partial charge in [0.1, 0.15) is 0 Å². The van der Waals surface area contributed by atoms with E-state index in [0.29, 0.717) is 0 Å². The molecule has 0 saturated carbocycles. The third kappa shape index (κ3) is 2.72. The van der Waals surface area contributed by atoms with E-state index in [0.717, 1.165) is 18.5 Å². The van der Waals surface area contributed by atoms with E-state index in [1.807, 2.05) is 0 Å². The maximum Gasteiger partial charge on any atom is 0.416 e. The molecule has 1 atom stereocenters. The van der Waals surface area contributed by atoms with Crippen LogP contribution in [0.4, 0.5) is 13.2 Å². The number of hydrogen-bond donors (Lipinski definition) is 3. The quantitative estimate of drug-likeness (QED) is 0.735. The summed E-state index contributed by atoms with van der Waals surface area (Å²) in [5, 5.41) is -0.0800. The molecule has 18 heavy (non-hydrogen) atoms. The molecule has 0 spiro atoms. The van der Waals surface area contributed by atoms with Crippen LogP contribution < -0.4 is 17.4 Å². The summed E-state index contributed by atoms with van der Waals surface area (Å²) in [6, 6.07) is 2.97. The summed E-state index contributed by atoms with van der Waals surface area (Å²) in [6.45, 7) is 0. The molecule has 0 fully saturated rings. The smallest absolute Gasteiger partial charge is 0.393 e. The first-order chi connectivity index (χ1) is 7.81. The van der Waals surface area contributed by atoms with Gasteiger partial charge in [-0.05, 0) is 18.2 Å². The van der Waals surface area contributed by atoms with Gasteiger partial charge >= 0.3 is 6.18 Å². The maximum absolute atomic E-state index is 12.6. The molecule has 1 heterocycles. The number of nitrogens with zero attached hydrogens (tertiary/aromatic N) is 1. The molecule has 9 heteroatoms. The van der Waals surface area contributed by atoms with Crippen molar-refractivity contribution in [2.45, 2.75) is 12.0 Å². The molecule has 1 unspecified atom stereocenters. The molecule has 5 nitrogen and oxygen atoms in total. The molecule has 100 valence electrons. The highest BCUT2D eigenvalue weighted by Crippen LogP contribution is 2.34. The molecule has 1 aromatic carbocycles. The number of hydroxylamine groups is 1. The van der Waals surface area contributed by atoms with Crippen molar-refractivity contribution in [3.63, 3.8) is 0 Å². The molecular weight excluding hydrogens is 273 g/mol. The monoisotopic (exact) mass is 282 g/mol. The first-order valence-corrected chi connectivity index (χ1v) is 4.83. The van der Waals surface area contributed by atoms with Crippen molar-refractivity contribution in [1.29, 1.82) is 0 Å². The van der Waals surface area contributed by atoms with Crippen molar-refractivity contribution < 1.29 is 18.0 Å². The van der Waals surface area contributed by atoms with E-state index in [-0.39, 0.29) is 16.7 Å². The third-order valence-electron chi connectivity index (χ3n) is 2.19. The molecule has 2 rings (SSSR count). The van der Waals surface area contributed by atoms with Gasteiger partial charge in [0.15, 0.2) is 6.40 Å². The third-order valence-corrected chi connectivity index (χ3v) is 2.41. The number of halogens is 4. The lowest BCUT2D eigenvalue weighted by Gasteiger charge is -2.21. The highest BCUT2D eigenvalue weighted by molar-refractivity contribution is 6.30. The van der Waals surface area contributed by atoms with Gasteiger partial charge in [0, 0.05) is 10.6 Å². The maximum atomic E-state index is 12.6. The highest BCUT2D eigenvalue weighted by atomic mass is 35.5. The fraction of sp³-hybridized carbons (Fsp3) is 0.222. The summed E-state index contributed by atoms with van der Waals surface area (Å²) in [4.78, 5) is 8.28. The lowest BCUT2D eigenvalue weighted by Crippen LogP contribution is -2.45. The van der Waals surface area contributed by atoms with Gasteiger partial charge in [-0.3, -0.25) is 5.73 Å². The first-order valence-electron chi connectivity index (χ1n) is 4.45. The summed E-state index contributed by atoms with van der Waals surface area (Å²) in [6.07, 6.45) is -3.49. The number of rotatable bonds is 1. The van der Waals surface area contributed by atoms with Crippen molar-refractivity contribution in [1.82, 2.24) is 11.6 Å². The minimum atomic E-state index is -4.50. The Morgan fingerprint density at radius 2 is 2.00 bits per heavy atom. The lowest BCUT2D eigenvalue weighted by molar-refractivity contribution is -0.137. The molecule has 0 aromatic heterocycles. The molecule has 0 amide bonds. The van der Waals surface area contributed by atoms with Crippen LogP contribution >= 0.6 is 11.6 Å². The number of nitrogens with two attached hydrogens (primary N) is 1. The van der Waals surface area contributed by atoms with Crippen molar-refractivity contribution >= 4 is 18.0 Å². The molecule has 0 saturated heterocycles. The largest absolute Gasteiger partial charge is 0.416 e. The number of benzene rings is 1. The molecule has 1 aliphatic rings. The fourth-order valence-corrected chi connectivity index (χ4v) is 1.59. The zero-order valence-corrected chi connectivity index (χ0v) is 9.72. The van der Waals surface area contributed by atoms with Crippen LogP contribution in [0.2, 0.25) is 5.02 Å². The van der Waals surface area contributed by atoms with Crippen molar-refractivity contribution in [3.05, 3.63) is 34.3 Å².